The van der Waals surface area contributed by atoms with Crippen LogP contribution in [-0.2, 0) is 16.6 Å². The van der Waals surface area contributed by atoms with E-state index in [-0.39, 0.29) is 16.5 Å². The molecule has 0 saturated carbocycles. The van der Waals surface area contributed by atoms with Gasteiger partial charge in [-0.05, 0) is 35.9 Å². The molecule has 0 heterocycles. The molecule has 7 heteroatoms. The van der Waals surface area contributed by atoms with E-state index in [1.165, 1.54) is 29.6 Å². The fourth-order valence-electron chi connectivity index (χ4n) is 2.06. The first-order valence-corrected chi connectivity index (χ1v) is 9.09. The summed E-state index contributed by atoms with van der Waals surface area (Å²) in [5, 5.41) is 0.545. The quantitative estimate of drug-likeness (QED) is 0.799. The molecule has 0 aliphatic carbocycles. The van der Waals surface area contributed by atoms with Gasteiger partial charge in [-0.2, -0.15) is 4.31 Å². The molecule has 0 spiro atoms. The van der Waals surface area contributed by atoms with E-state index in [2.05, 4.69) is 0 Å². The molecular weight excluding hydrogens is 355 g/mol. The third-order valence-corrected chi connectivity index (χ3v) is 6.00. The van der Waals surface area contributed by atoms with Crippen LogP contribution in [0.2, 0.25) is 10.0 Å². The van der Waals surface area contributed by atoms with Crippen molar-refractivity contribution in [1.82, 2.24) is 4.31 Å². The molecule has 0 saturated heterocycles. The maximum atomic E-state index is 12.6. The largest absolute Gasteiger partial charge is 0.378 e. The Hall–Kier alpha value is -1.27. The Morgan fingerprint density at radius 3 is 2.04 bits per heavy atom. The second-order valence-electron chi connectivity index (χ2n) is 5.40. The second kappa shape index (κ2) is 7.09. The van der Waals surface area contributed by atoms with Gasteiger partial charge in [-0.3, -0.25) is 0 Å². The van der Waals surface area contributed by atoms with E-state index in [1.807, 2.05) is 43.3 Å². The molecule has 124 valence electrons. The molecule has 2 aromatic carbocycles. The lowest BCUT2D eigenvalue weighted by Crippen LogP contribution is -2.26. The third kappa shape index (κ3) is 4.18. The molecule has 0 amide bonds. The highest BCUT2D eigenvalue weighted by molar-refractivity contribution is 7.89. The summed E-state index contributed by atoms with van der Waals surface area (Å²) in [7, 11) is 1.82. The highest BCUT2D eigenvalue weighted by Gasteiger charge is 2.21. The van der Waals surface area contributed by atoms with Crippen LogP contribution in [0.25, 0.3) is 0 Å². The van der Waals surface area contributed by atoms with Crippen molar-refractivity contribution in [1.29, 1.82) is 0 Å². The normalized spacial score (nSPS) is 11.7. The Morgan fingerprint density at radius 2 is 1.52 bits per heavy atom. The van der Waals surface area contributed by atoms with Crippen molar-refractivity contribution in [2.24, 2.45) is 0 Å². The van der Waals surface area contributed by atoms with Crippen LogP contribution in [0.4, 0.5) is 5.69 Å². The molecule has 23 heavy (non-hydrogen) atoms. The first-order chi connectivity index (χ1) is 10.7. The van der Waals surface area contributed by atoms with Crippen molar-refractivity contribution < 1.29 is 8.42 Å². The number of anilines is 1. The van der Waals surface area contributed by atoms with E-state index in [9.17, 15) is 8.42 Å². The fourth-order valence-corrected chi connectivity index (χ4v) is 3.61. The van der Waals surface area contributed by atoms with Crippen LogP contribution in [-0.4, -0.2) is 33.9 Å². The summed E-state index contributed by atoms with van der Waals surface area (Å²) in [6.07, 6.45) is 0. The molecule has 2 aromatic rings. The first kappa shape index (κ1) is 18.1. The summed E-state index contributed by atoms with van der Waals surface area (Å²) >= 11 is 11.7. The summed E-state index contributed by atoms with van der Waals surface area (Å²) in [6.45, 7) is 0.274. The Balaban J connectivity index is 2.21. The predicted molar refractivity (Wildman–Crippen MR) is 95.9 cm³/mol. The summed E-state index contributed by atoms with van der Waals surface area (Å²) in [6, 6.07) is 12.0. The number of halogens is 2. The molecule has 0 fully saturated rings. The number of rotatable bonds is 5. The van der Waals surface area contributed by atoms with Gasteiger partial charge < -0.3 is 4.90 Å². The Labute approximate surface area is 147 Å². The topological polar surface area (TPSA) is 40.6 Å². The molecule has 0 unspecified atom stereocenters. The van der Waals surface area contributed by atoms with E-state index in [1.54, 1.807) is 0 Å². The standard InChI is InChI=1S/C16H18Cl2N2O2S/c1-19(2)13-6-4-12(5-7-13)11-20(3)23(21,22)14-8-9-15(17)16(18)10-14/h4-10H,11H2,1-3H3. The molecule has 0 bridgehead atoms. The van der Waals surface area contributed by atoms with Gasteiger partial charge >= 0.3 is 0 Å². The maximum Gasteiger partial charge on any atom is 0.243 e. The van der Waals surface area contributed by atoms with Crippen molar-refractivity contribution in [2.45, 2.75) is 11.4 Å². The van der Waals surface area contributed by atoms with Crippen LogP contribution in [0, 0.1) is 0 Å². The monoisotopic (exact) mass is 372 g/mol. The predicted octanol–water partition coefficient (Wildman–Crippen LogP) is 3.88. The average molecular weight is 373 g/mol. The maximum absolute atomic E-state index is 12.6. The minimum atomic E-state index is -3.62. The van der Waals surface area contributed by atoms with Gasteiger partial charge in [0.05, 0.1) is 14.9 Å². The number of hydrogen-bond donors (Lipinski definition) is 0. The van der Waals surface area contributed by atoms with Gasteiger partial charge in [-0.15, -0.1) is 0 Å². The van der Waals surface area contributed by atoms with Gasteiger partial charge in [0, 0.05) is 33.4 Å². The van der Waals surface area contributed by atoms with Crippen LogP contribution >= 0.6 is 23.2 Å². The third-order valence-electron chi connectivity index (χ3n) is 3.46. The zero-order chi connectivity index (χ0) is 17.2. The van der Waals surface area contributed by atoms with Gasteiger partial charge in [0.15, 0.2) is 0 Å². The minimum Gasteiger partial charge on any atom is -0.378 e. The Morgan fingerprint density at radius 1 is 0.913 bits per heavy atom. The Kier molecular flexibility index (Phi) is 5.57. The van der Waals surface area contributed by atoms with Gasteiger partial charge in [0.2, 0.25) is 10.0 Å². The van der Waals surface area contributed by atoms with Gasteiger partial charge in [-0.1, -0.05) is 35.3 Å². The average Bonchev–Trinajstić information content (AvgIpc) is 2.50. The molecule has 0 aliphatic rings. The number of nitrogens with zero attached hydrogens (tertiary/aromatic N) is 2. The van der Waals surface area contributed by atoms with Gasteiger partial charge in [0.1, 0.15) is 0 Å². The van der Waals surface area contributed by atoms with E-state index >= 15 is 0 Å². The van der Waals surface area contributed by atoms with Crippen molar-refractivity contribution in [3.05, 3.63) is 58.1 Å². The molecule has 0 atom stereocenters. The molecular formula is C16H18Cl2N2O2S. The first-order valence-electron chi connectivity index (χ1n) is 6.89. The minimum absolute atomic E-state index is 0.124. The highest BCUT2D eigenvalue weighted by Crippen LogP contribution is 2.26. The van der Waals surface area contributed by atoms with E-state index < -0.39 is 10.0 Å². The van der Waals surface area contributed by atoms with E-state index in [0.717, 1.165) is 11.3 Å². The highest BCUT2D eigenvalue weighted by atomic mass is 35.5. The van der Waals surface area contributed by atoms with Crippen LogP contribution < -0.4 is 4.90 Å². The van der Waals surface area contributed by atoms with Crippen LogP contribution in [0.3, 0.4) is 0 Å². The number of benzene rings is 2. The molecule has 0 aliphatic heterocycles. The van der Waals surface area contributed by atoms with Crippen LogP contribution in [0.1, 0.15) is 5.56 Å². The molecule has 2 rings (SSSR count). The van der Waals surface area contributed by atoms with Crippen LogP contribution in [0.15, 0.2) is 47.4 Å². The second-order valence-corrected chi connectivity index (χ2v) is 8.26. The number of hydrogen-bond acceptors (Lipinski definition) is 3. The Bertz CT molecular complexity index is 790. The van der Waals surface area contributed by atoms with E-state index in [4.69, 9.17) is 23.2 Å². The van der Waals surface area contributed by atoms with Gasteiger partial charge in [0.25, 0.3) is 0 Å². The number of sulfonamides is 1. The summed E-state index contributed by atoms with van der Waals surface area (Å²) in [5.41, 5.74) is 1.96. The molecule has 0 aromatic heterocycles. The van der Waals surface area contributed by atoms with Crippen LogP contribution in [0.5, 0.6) is 0 Å². The summed E-state index contributed by atoms with van der Waals surface area (Å²) in [5.74, 6) is 0. The van der Waals surface area contributed by atoms with Crippen molar-refractivity contribution in [3.8, 4) is 0 Å². The lowest BCUT2D eigenvalue weighted by atomic mass is 10.2. The smallest absolute Gasteiger partial charge is 0.243 e. The lowest BCUT2D eigenvalue weighted by Gasteiger charge is -2.18. The molecule has 4 nitrogen and oxygen atoms in total. The zero-order valence-corrected chi connectivity index (χ0v) is 15.5. The molecule has 0 radical (unpaired) electrons. The summed E-state index contributed by atoms with van der Waals surface area (Å²) < 4.78 is 26.5. The fraction of sp³-hybridized carbons (Fsp3) is 0.250. The zero-order valence-electron chi connectivity index (χ0n) is 13.1. The van der Waals surface area contributed by atoms with Gasteiger partial charge in [-0.25, -0.2) is 8.42 Å². The summed E-state index contributed by atoms with van der Waals surface area (Å²) in [4.78, 5) is 2.11. The molecule has 0 N–H and O–H groups in total. The van der Waals surface area contributed by atoms with E-state index in [0.29, 0.717) is 5.02 Å². The lowest BCUT2D eigenvalue weighted by molar-refractivity contribution is 0.467. The van der Waals surface area contributed by atoms with Crippen molar-refractivity contribution in [2.75, 3.05) is 26.0 Å². The van der Waals surface area contributed by atoms with Crippen molar-refractivity contribution >= 4 is 38.9 Å². The SMILES string of the molecule is CN(C)c1ccc(CN(C)S(=O)(=O)c2ccc(Cl)c(Cl)c2)cc1. The van der Waals surface area contributed by atoms with Crippen molar-refractivity contribution in [3.63, 3.8) is 0 Å².